The fourth-order valence-electron chi connectivity index (χ4n) is 5.45. The van der Waals surface area contributed by atoms with E-state index in [1.165, 1.54) is 23.1 Å². The normalized spacial score (nSPS) is 14.9. The average molecular weight is 630 g/mol. The first-order chi connectivity index (χ1) is 20.9. The van der Waals surface area contributed by atoms with Gasteiger partial charge >= 0.3 is 6.18 Å². The maximum Gasteiger partial charge on any atom is 0.416 e. The van der Waals surface area contributed by atoms with Crippen LogP contribution in [0.4, 0.5) is 18.9 Å². The van der Waals surface area contributed by atoms with E-state index in [1.54, 1.807) is 50.2 Å². The van der Waals surface area contributed by atoms with Crippen LogP contribution in [0.25, 0.3) is 0 Å². The number of amides is 2. The number of nitrogens with zero attached hydrogens (tertiary/aromatic N) is 2. The minimum absolute atomic E-state index is 0.0112. The third-order valence-electron chi connectivity index (χ3n) is 7.88. The number of hydrogen-bond donors (Lipinski definition) is 1. The van der Waals surface area contributed by atoms with E-state index in [0.717, 1.165) is 55.4 Å². The molecule has 0 aliphatic heterocycles. The number of alkyl halides is 3. The van der Waals surface area contributed by atoms with Gasteiger partial charge in [-0.05, 0) is 62.1 Å². The Morgan fingerprint density at radius 1 is 0.932 bits per heavy atom. The van der Waals surface area contributed by atoms with Crippen LogP contribution >= 0.6 is 0 Å². The van der Waals surface area contributed by atoms with E-state index in [-0.39, 0.29) is 35.5 Å². The topological polar surface area (TPSA) is 86.8 Å². The fraction of sp³-hybridized carbons (Fsp3) is 0.394. The van der Waals surface area contributed by atoms with Crippen LogP contribution in [0.1, 0.15) is 62.1 Å². The molecule has 3 aromatic carbocycles. The lowest BCUT2D eigenvalue weighted by Gasteiger charge is -2.34. The monoisotopic (exact) mass is 629 g/mol. The Morgan fingerprint density at radius 3 is 2.20 bits per heavy atom. The molecule has 1 saturated carbocycles. The summed E-state index contributed by atoms with van der Waals surface area (Å²) in [6, 6.07) is 17.8. The molecule has 1 aliphatic rings. The Morgan fingerprint density at radius 2 is 1.59 bits per heavy atom. The SMILES string of the molecule is CC[C@@H](C(=O)NC1CCCCC1)N(Cc1ccccc1)C(=O)CN(c1cccc(C(F)(F)F)c1)S(=O)(=O)c1ccc(C)cc1. The van der Waals surface area contributed by atoms with Crippen molar-refractivity contribution in [3.05, 3.63) is 95.6 Å². The van der Waals surface area contributed by atoms with Gasteiger partial charge in [0.15, 0.2) is 0 Å². The molecule has 1 aliphatic carbocycles. The van der Waals surface area contributed by atoms with Gasteiger partial charge in [0.25, 0.3) is 10.0 Å². The molecule has 0 radical (unpaired) electrons. The van der Waals surface area contributed by atoms with Crippen LogP contribution in [-0.2, 0) is 32.3 Å². The number of aryl methyl sites for hydroxylation is 1. The maximum atomic E-state index is 14.2. The van der Waals surface area contributed by atoms with Crippen LogP contribution in [0.2, 0.25) is 0 Å². The van der Waals surface area contributed by atoms with E-state index in [1.807, 2.05) is 6.07 Å². The molecule has 11 heteroatoms. The van der Waals surface area contributed by atoms with Gasteiger partial charge in [0.2, 0.25) is 11.8 Å². The van der Waals surface area contributed by atoms with Gasteiger partial charge in [-0.1, -0.05) is 80.3 Å². The second-order valence-corrected chi connectivity index (χ2v) is 13.0. The van der Waals surface area contributed by atoms with Gasteiger partial charge in [-0.3, -0.25) is 13.9 Å². The van der Waals surface area contributed by atoms with E-state index in [0.29, 0.717) is 10.4 Å². The van der Waals surface area contributed by atoms with Gasteiger partial charge in [-0.15, -0.1) is 0 Å². The molecule has 1 atom stereocenters. The van der Waals surface area contributed by atoms with Crippen molar-refractivity contribution < 1.29 is 31.2 Å². The summed E-state index contributed by atoms with van der Waals surface area (Å²) in [6.45, 7) is 2.74. The van der Waals surface area contributed by atoms with Crippen LogP contribution in [0.5, 0.6) is 0 Å². The predicted octanol–water partition coefficient (Wildman–Crippen LogP) is 6.47. The van der Waals surface area contributed by atoms with E-state index in [4.69, 9.17) is 0 Å². The highest BCUT2D eigenvalue weighted by Gasteiger charge is 2.36. The highest BCUT2D eigenvalue weighted by molar-refractivity contribution is 7.92. The number of rotatable bonds is 11. The number of anilines is 1. The number of halogens is 3. The van der Waals surface area contributed by atoms with Crippen molar-refractivity contribution >= 4 is 27.5 Å². The summed E-state index contributed by atoms with van der Waals surface area (Å²) < 4.78 is 69.6. The molecule has 2 amide bonds. The maximum absolute atomic E-state index is 14.2. The molecule has 4 rings (SSSR count). The highest BCUT2D eigenvalue weighted by Crippen LogP contribution is 2.33. The summed E-state index contributed by atoms with van der Waals surface area (Å²) in [4.78, 5) is 28.9. The molecule has 0 aromatic heterocycles. The molecule has 7 nitrogen and oxygen atoms in total. The van der Waals surface area contributed by atoms with E-state index >= 15 is 0 Å². The minimum atomic E-state index is -4.73. The molecule has 0 saturated heterocycles. The molecular weight excluding hydrogens is 591 g/mol. The first kappa shape index (κ1) is 33.0. The fourth-order valence-corrected chi connectivity index (χ4v) is 6.85. The van der Waals surface area contributed by atoms with Crippen molar-refractivity contribution in [2.75, 3.05) is 10.8 Å². The smallest absolute Gasteiger partial charge is 0.352 e. The van der Waals surface area contributed by atoms with Crippen molar-refractivity contribution in [2.45, 2.75) is 82.1 Å². The Kier molecular flexibility index (Phi) is 10.7. The number of sulfonamides is 1. The summed E-state index contributed by atoms with van der Waals surface area (Å²) >= 11 is 0. The molecule has 44 heavy (non-hydrogen) atoms. The molecule has 0 unspecified atom stereocenters. The predicted molar refractivity (Wildman–Crippen MR) is 163 cm³/mol. The third kappa shape index (κ3) is 8.19. The second-order valence-electron chi connectivity index (χ2n) is 11.1. The molecule has 236 valence electrons. The molecule has 1 fully saturated rings. The van der Waals surface area contributed by atoms with Crippen molar-refractivity contribution in [2.24, 2.45) is 0 Å². The first-order valence-corrected chi connectivity index (χ1v) is 16.2. The standard InChI is InChI=1S/C33H38F3N3O4S/c1-3-30(32(41)37-27-14-8-5-9-15-27)38(22-25-11-6-4-7-12-25)31(40)23-39(28-16-10-13-26(21-28)33(34,35)36)44(42,43)29-19-17-24(2)18-20-29/h4,6-7,10-13,16-21,27,30H,3,5,8-9,14-15,22-23H2,1-2H3,(H,37,41)/t30-/m0/s1. The van der Waals surface area contributed by atoms with Crippen LogP contribution < -0.4 is 9.62 Å². The Hall–Kier alpha value is -3.86. The number of benzene rings is 3. The van der Waals surface area contributed by atoms with Crippen LogP contribution in [0.3, 0.4) is 0 Å². The number of hydrogen-bond acceptors (Lipinski definition) is 4. The molecule has 1 N–H and O–H groups in total. The van der Waals surface area contributed by atoms with Crippen molar-refractivity contribution in [1.82, 2.24) is 10.2 Å². The van der Waals surface area contributed by atoms with Gasteiger partial charge in [0.1, 0.15) is 12.6 Å². The van der Waals surface area contributed by atoms with Crippen LogP contribution in [0.15, 0.2) is 83.8 Å². The number of carbonyl (C=O) groups excluding carboxylic acids is 2. The zero-order valence-corrected chi connectivity index (χ0v) is 25.7. The third-order valence-corrected chi connectivity index (χ3v) is 9.67. The quantitative estimate of drug-likeness (QED) is 0.264. The molecule has 0 heterocycles. The molecule has 3 aromatic rings. The summed E-state index contributed by atoms with van der Waals surface area (Å²) in [5.74, 6) is -1.05. The van der Waals surface area contributed by atoms with Gasteiger partial charge < -0.3 is 10.2 Å². The Labute approximate surface area is 257 Å². The van der Waals surface area contributed by atoms with E-state index in [9.17, 15) is 31.2 Å². The number of nitrogens with one attached hydrogen (secondary N) is 1. The van der Waals surface area contributed by atoms with E-state index < -0.39 is 40.3 Å². The Bertz CT molecular complexity index is 1520. The highest BCUT2D eigenvalue weighted by atomic mass is 32.2. The zero-order valence-electron chi connectivity index (χ0n) is 24.9. The molecule has 0 spiro atoms. The zero-order chi connectivity index (χ0) is 31.9. The lowest BCUT2D eigenvalue weighted by atomic mass is 9.95. The lowest BCUT2D eigenvalue weighted by Crippen LogP contribution is -2.54. The van der Waals surface area contributed by atoms with Gasteiger partial charge in [0, 0.05) is 12.6 Å². The summed E-state index contributed by atoms with van der Waals surface area (Å²) in [5.41, 5.74) is 0.144. The Balaban J connectivity index is 1.74. The van der Waals surface area contributed by atoms with Gasteiger partial charge in [0.05, 0.1) is 16.1 Å². The van der Waals surface area contributed by atoms with Crippen molar-refractivity contribution in [1.29, 1.82) is 0 Å². The number of carbonyl (C=O) groups is 2. The summed E-state index contributed by atoms with van der Waals surface area (Å²) in [7, 11) is -4.49. The van der Waals surface area contributed by atoms with Crippen LogP contribution in [-0.4, -0.2) is 43.8 Å². The first-order valence-electron chi connectivity index (χ1n) is 14.8. The summed E-state index contributed by atoms with van der Waals surface area (Å²) in [6.07, 6.45) is 0.297. The second kappa shape index (κ2) is 14.3. The average Bonchev–Trinajstić information content (AvgIpc) is 3.00. The van der Waals surface area contributed by atoms with Crippen molar-refractivity contribution in [3.8, 4) is 0 Å². The van der Waals surface area contributed by atoms with E-state index in [2.05, 4.69) is 5.32 Å². The van der Waals surface area contributed by atoms with Gasteiger partial charge in [-0.2, -0.15) is 13.2 Å². The molecule has 0 bridgehead atoms. The molecular formula is C33H38F3N3O4S. The van der Waals surface area contributed by atoms with Crippen molar-refractivity contribution in [3.63, 3.8) is 0 Å². The van der Waals surface area contributed by atoms with Crippen LogP contribution in [0, 0.1) is 6.92 Å². The largest absolute Gasteiger partial charge is 0.416 e. The lowest BCUT2D eigenvalue weighted by molar-refractivity contribution is -0.140. The van der Waals surface area contributed by atoms with Gasteiger partial charge in [-0.25, -0.2) is 8.42 Å². The minimum Gasteiger partial charge on any atom is -0.352 e. The summed E-state index contributed by atoms with van der Waals surface area (Å²) in [5, 5.41) is 3.07.